The van der Waals surface area contributed by atoms with Crippen LogP contribution in [0.2, 0.25) is 0 Å². The zero-order chi connectivity index (χ0) is 15.2. The Kier molecular flexibility index (Phi) is 5.20. The van der Waals surface area contributed by atoms with Crippen LogP contribution in [0.15, 0.2) is 24.3 Å². The summed E-state index contributed by atoms with van der Waals surface area (Å²) >= 11 is 0. The average Bonchev–Trinajstić information content (AvgIpc) is 2.63. The van der Waals surface area contributed by atoms with Crippen LogP contribution in [0.1, 0.15) is 36.5 Å². The Morgan fingerprint density at radius 3 is 2.71 bits per heavy atom. The van der Waals surface area contributed by atoms with E-state index in [2.05, 4.69) is 6.92 Å². The number of nitrogens with zero attached hydrogens (tertiary/aromatic N) is 1. The number of rotatable bonds is 5. The molecule has 1 saturated heterocycles. The summed E-state index contributed by atoms with van der Waals surface area (Å²) in [6.07, 6.45) is 2.63. The van der Waals surface area contributed by atoms with Crippen molar-refractivity contribution in [1.29, 1.82) is 0 Å². The number of likely N-dealkylation sites (tertiary alicyclic amines) is 1. The van der Waals surface area contributed by atoms with Crippen LogP contribution in [-0.4, -0.2) is 41.6 Å². The molecule has 1 aromatic rings. The molecule has 1 N–H and O–H groups in total. The van der Waals surface area contributed by atoms with Gasteiger partial charge in [0.25, 0.3) is 0 Å². The predicted octanol–water partition coefficient (Wildman–Crippen LogP) is 2.41. The Morgan fingerprint density at radius 1 is 1.33 bits per heavy atom. The quantitative estimate of drug-likeness (QED) is 0.904. The first-order chi connectivity index (χ1) is 10.1. The molecule has 1 unspecified atom stereocenters. The molecule has 1 aliphatic rings. The highest BCUT2D eigenvalue weighted by Crippen LogP contribution is 2.17. The fourth-order valence-corrected chi connectivity index (χ4v) is 2.38. The van der Waals surface area contributed by atoms with Gasteiger partial charge in [0.1, 0.15) is 12.4 Å². The van der Waals surface area contributed by atoms with E-state index < -0.39 is 5.97 Å². The first kappa shape index (κ1) is 15.4. The summed E-state index contributed by atoms with van der Waals surface area (Å²) in [6.45, 7) is 3.97. The maximum absolute atomic E-state index is 11.9. The summed E-state index contributed by atoms with van der Waals surface area (Å²) < 4.78 is 5.57. The minimum atomic E-state index is -0.953. The summed E-state index contributed by atoms with van der Waals surface area (Å²) in [5.41, 5.74) is 0.235. The van der Waals surface area contributed by atoms with Gasteiger partial charge in [0.05, 0.1) is 12.1 Å². The van der Waals surface area contributed by atoms with E-state index >= 15 is 0 Å². The van der Waals surface area contributed by atoms with Gasteiger partial charge < -0.3 is 14.7 Å². The van der Waals surface area contributed by atoms with Gasteiger partial charge in [-0.15, -0.1) is 0 Å². The Labute approximate surface area is 124 Å². The Balaban J connectivity index is 1.80. The van der Waals surface area contributed by atoms with Crippen molar-refractivity contribution in [2.45, 2.75) is 26.2 Å². The van der Waals surface area contributed by atoms with Crippen LogP contribution < -0.4 is 4.74 Å². The van der Waals surface area contributed by atoms with Gasteiger partial charge in [-0.3, -0.25) is 4.79 Å². The lowest BCUT2D eigenvalue weighted by atomic mass is 10.0. The summed E-state index contributed by atoms with van der Waals surface area (Å²) in [5, 5.41) is 8.81. The SMILES string of the molecule is CC1CCC(=O)N(CCOc2ccc(C(=O)O)cc2)CC1. The highest BCUT2D eigenvalue weighted by atomic mass is 16.5. The lowest BCUT2D eigenvalue weighted by Crippen LogP contribution is -2.34. The maximum atomic E-state index is 11.9. The molecular formula is C16H21NO4. The number of hydrogen-bond donors (Lipinski definition) is 1. The van der Waals surface area contributed by atoms with Crippen molar-refractivity contribution in [1.82, 2.24) is 4.90 Å². The van der Waals surface area contributed by atoms with Gasteiger partial charge in [0.15, 0.2) is 0 Å². The predicted molar refractivity (Wildman–Crippen MR) is 78.5 cm³/mol. The molecule has 1 heterocycles. The van der Waals surface area contributed by atoms with Crippen LogP contribution in [0.5, 0.6) is 5.75 Å². The third-order valence-electron chi connectivity index (χ3n) is 3.83. The van der Waals surface area contributed by atoms with E-state index in [1.807, 2.05) is 4.90 Å². The van der Waals surface area contributed by atoms with Crippen molar-refractivity contribution >= 4 is 11.9 Å². The molecule has 21 heavy (non-hydrogen) atoms. The number of carbonyl (C=O) groups excluding carboxylic acids is 1. The highest BCUT2D eigenvalue weighted by Gasteiger charge is 2.19. The minimum Gasteiger partial charge on any atom is -0.492 e. The molecule has 0 radical (unpaired) electrons. The van der Waals surface area contributed by atoms with Crippen molar-refractivity contribution in [3.8, 4) is 5.75 Å². The first-order valence-corrected chi connectivity index (χ1v) is 7.30. The minimum absolute atomic E-state index is 0.198. The molecule has 0 aromatic heterocycles. The average molecular weight is 291 g/mol. The van der Waals surface area contributed by atoms with Crippen molar-refractivity contribution in [3.63, 3.8) is 0 Å². The number of carboxylic acids is 1. The third-order valence-corrected chi connectivity index (χ3v) is 3.83. The lowest BCUT2D eigenvalue weighted by molar-refractivity contribution is -0.131. The van der Waals surface area contributed by atoms with E-state index in [1.165, 1.54) is 12.1 Å². The standard InChI is InChI=1S/C16H21NO4/c1-12-2-7-15(18)17(9-8-12)10-11-21-14-5-3-13(4-6-14)16(19)20/h3-6,12H,2,7-11H2,1H3,(H,19,20). The second-order valence-electron chi connectivity index (χ2n) is 5.49. The third kappa shape index (κ3) is 4.48. The molecule has 1 aliphatic heterocycles. The van der Waals surface area contributed by atoms with Gasteiger partial charge >= 0.3 is 5.97 Å². The second kappa shape index (κ2) is 7.11. The number of aromatic carboxylic acids is 1. The molecule has 1 aromatic carbocycles. The molecule has 1 amide bonds. The van der Waals surface area contributed by atoms with Crippen molar-refractivity contribution in [3.05, 3.63) is 29.8 Å². The Hall–Kier alpha value is -2.04. The van der Waals surface area contributed by atoms with E-state index in [4.69, 9.17) is 9.84 Å². The van der Waals surface area contributed by atoms with Crippen LogP contribution >= 0.6 is 0 Å². The largest absolute Gasteiger partial charge is 0.492 e. The van der Waals surface area contributed by atoms with Crippen LogP contribution in [0.3, 0.4) is 0 Å². The number of amides is 1. The Morgan fingerprint density at radius 2 is 2.05 bits per heavy atom. The van der Waals surface area contributed by atoms with Crippen molar-refractivity contribution in [2.24, 2.45) is 5.92 Å². The topological polar surface area (TPSA) is 66.8 Å². The van der Waals surface area contributed by atoms with Gasteiger partial charge in [0.2, 0.25) is 5.91 Å². The van der Waals surface area contributed by atoms with Crippen LogP contribution in [-0.2, 0) is 4.79 Å². The van der Waals surface area contributed by atoms with Gasteiger partial charge in [-0.25, -0.2) is 4.79 Å². The summed E-state index contributed by atoms with van der Waals surface area (Å²) in [6, 6.07) is 6.29. The fourth-order valence-electron chi connectivity index (χ4n) is 2.38. The lowest BCUT2D eigenvalue weighted by Gasteiger charge is -2.20. The van der Waals surface area contributed by atoms with Gasteiger partial charge in [-0.1, -0.05) is 6.92 Å². The highest BCUT2D eigenvalue weighted by molar-refractivity contribution is 5.87. The first-order valence-electron chi connectivity index (χ1n) is 7.30. The van der Waals surface area contributed by atoms with Crippen molar-refractivity contribution in [2.75, 3.05) is 19.7 Å². The fraction of sp³-hybridized carbons (Fsp3) is 0.500. The van der Waals surface area contributed by atoms with Crippen LogP contribution in [0, 0.1) is 5.92 Å². The molecule has 2 rings (SSSR count). The van der Waals surface area contributed by atoms with Crippen LogP contribution in [0.4, 0.5) is 0 Å². The molecule has 5 nitrogen and oxygen atoms in total. The van der Waals surface area contributed by atoms with E-state index in [9.17, 15) is 9.59 Å². The second-order valence-corrected chi connectivity index (χ2v) is 5.49. The molecule has 0 bridgehead atoms. The summed E-state index contributed by atoms with van der Waals surface area (Å²) in [7, 11) is 0. The van der Waals surface area contributed by atoms with Crippen molar-refractivity contribution < 1.29 is 19.4 Å². The molecule has 114 valence electrons. The number of hydrogen-bond acceptors (Lipinski definition) is 3. The molecule has 1 atom stereocenters. The molecule has 5 heteroatoms. The smallest absolute Gasteiger partial charge is 0.335 e. The normalized spacial score (nSPS) is 19.2. The number of ether oxygens (including phenoxy) is 1. The van der Waals surface area contributed by atoms with Gasteiger partial charge in [-0.2, -0.15) is 0 Å². The number of benzene rings is 1. The van der Waals surface area contributed by atoms with E-state index in [-0.39, 0.29) is 11.5 Å². The molecule has 1 fully saturated rings. The number of carboxylic acid groups (broad SMARTS) is 1. The molecule has 0 spiro atoms. The van der Waals surface area contributed by atoms with E-state index in [0.29, 0.717) is 31.2 Å². The van der Waals surface area contributed by atoms with Gasteiger partial charge in [0, 0.05) is 13.0 Å². The zero-order valence-corrected chi connectivity index (χ0v) is 12.2. The maximum Gasteiger partial charge on any atom is 0.335 e. The van der Waals surface area contributed by atoms with Gasteiger partial charge in [-0.05, 0) is 43.0 Å². The summed E-state index contributed by atoms with van der Waals surface area (Å²) in [4.78, 5) is 24.5. The molecule has 0 saturated carbocycles. The van der Waals surface area contributed by atoms with E-state index in [1.54, 1.807) is 12.1 Å². The van der Waals surface area contributed by atoms with E-state index in [0.717, 1.165) is 19.4 Å². The molecule has 0 aliphatic carbocycles. The number of carbonyl (C=O) groups is 2. The Bertz CT molecular complexity index is 498. The van der Waals surface area contributed by atoms with Crippen LogP contribution in [0.25, 0.3) is 0 Å². The molecular weight excluding hydrogens is 270 g/mol. The summed E-state index contributed by atoms with van der Waals surface area (Å²) in [5.74, 6) is 0.467. The zero-order valence-electron chi connectivity index (χ0n) is 12.2. The monoisotopic (exact) mass is 291 g/mol.